The Morgan fingerprint density at radius 1 is 1.27 bits per heavy atom. The average Bonchev–Trinajstić information content (AvgIpc) is 1.99. The Labute approximate surface area is 89.6 Å². The van der Waals surface area contributed by atoms with Crippen molar-refractivity contribution in [2.24, 2.45) is 0 Å². The molecule has 0 nitrogen and oxygen atoms in total. The summed E-state index contributed by atoms with van der Waals surface area (Å²) in [5.41, 5.74) is 0.894. The molecular weight excluding hydrogens is 343 g/mol. The number of hydrogen-bond acceptors (Lipinski definition) is 0. The van der Waals surface area contributed by atoms with Gasteiger partial charge in [-0.3, -0.25) is 0 Å². The van der Waals surface area contributed by atoms with E-state index in [-0.39, 0.29) is 5.82 Å². The quantitative estimate of drug-likeness (QED) is 0.527. The highest BCUT2D eigenvalue weighted by Gasteiger charge is 2.07. The first-order valence-electron chi connectivity index (χ1n) is 2.85. The molecule has 0 aromatic heterocycles. The molecule has 0 aliphatic heterocycles. The number of alkyl halides is 1. The van der Waals surface area contributed by atoms with Gasteiger partial charge in [0.1, 0.15) is 5.82 Å². The van der Waals surface area contributed by atoms with Crippen molar-refractivity contribution in [1.82, 2.24) is 0 Å². The Balaban J connectivity index is 3.29. The van der Waals surface area contributed by atoms with Crippen molar-refractivity contribution >= 4 is 47.8 Å². The largest absolute Gasteiger partial charge is 0.206 e. The van der Waals surface area contributed by atoms with E-state index in [2.05, 4.69) is 47.8 Å². The molecule has 0 aliphatic carbocycles. The van der Waals surface area contributed by atoms with Gasteiger partial charge in [0.2, 0.25) is 0 Å². The maximum Gasteiger partial charge on any atom is 0.137 e. The van der Waals surface area contributed by atoms with E-state index in [1.165, 1.54) is 6.07 Å². The van der Waals surface area contributed by atoms with Crippen molar-refractivity contribution in [1.29, 1.82) is 0 Å². The van der Waals surface area contributed by atoms with Crippen LogP contribution in [0.25, 0.3) is 0 Å². The minimum absolute atomic E-state index is 0.234. The second kappa shape index (κ2) is 4.01. The maximum absolute atomic E-state index is 12.9. The van der Waals surface area contributed by atoms with Crippen LogP contribution in [0, 0.1) is 5.82 Å². The fourth-order valence-corrected chi connectivity index (χ4v) is 3.25. The lowest BCUT2D eigenvalue weighted by molar-refractivity contribution is 0.619. The second-order valence-electron chi connectivity index (χ2n) is 1.96. The molecule has 4 heteroatoms. The Bertz CT molecular complexity index is 273. The van der Waals surface area contributed by atoms with Crippen LogP contribution in [0.4, 0.5) is 4.39 Å². The van der Waals surface area contributed by atoms with Crippen LogP contribution in [-0.2, 0) is 5.33 Å². The molecule has 11 heavy (non-hydrogen) atoms. The third-order valence-electron chi connectivity index (χ3n) is 1.27. The molecule has 0 unspecified atom stereocenters. The van der Waals surface area contributed by atoms with Gasteiger partial charge in [-0.05, 0) is 33.6 Å². The van der Waals surface area contributed by atoms with Crippen LogP contribution in [0.5, 0.6) is 0 Å². The van der Waals surface area contributed by atoms with E-state index in [0.717, 1.165) is 10.0 Å². The Morgan fingerprint density at radius 2 is 1.91 bits per heavy atom. The highest BCUT2D eigenvalue weighted by Crippen LogP contribution is 2.29. The van der Waals surface area contributed by atoms with E-state index in [1.807, 2.05) is 0 Å². The summed E-state index contributed by atoms with van der Waals surface area (Å²) in [6.45, 7) is 0. The van der Waals surface area contributed by atoms with Crippen molar-refractivity contribution in [3.63, 3.8) is 0 Å². The summed E-state index contributed by atoms with van der Waals surface area (Å²) in [4.78, 5) is 0. The molecule has 0 amide bonds. The van der Waals surface area contributed by atoms with Gasteiger partial charge in [0.25, 0.3) is 0 Å². The van der Waals surface area contributed by atoms with Gasteiger partial charge in [0.15, 0.2) is 0 Å². The van der Waals surface area contributed by atoms with Gasteiger partial charge < -0.3 is 0 Å². The molecule has 0 fully saturated rings. The SMILES string of the molecule is Fc1ccc(Br)c(CBr)c1Br. The van der Waals surface area contributed by atoms with Crippen LogP contribution < -0.4 is 0 Å². The predicted molar refractivity (Wildman–Crippen MR) is 54.4 cm³/mol. The van der Waals surface area contributed by atoms with Crippen LogP contribution in [0.15, 0.2) is 21.1 Å². The summed E-state index contributed by atoms with van der Waals surface area (Å²) in [5, 5.41) is 0.631. The summed E-state index contributed by atoms with van der Waals surface area (Å²) < 4.78 is 14.3. The molecule has 0 saturated carbocycles. The number of benzene rings is 1. The molecule has 0 N–H and O–H groups in total. The molecule has 1 aromatic carbocycles. The fraction of sp³-hybridized carbons (Fsp3) is 0.143. The molecule has 0 spiro atoms. The molecular formula is C7H4Br3F. The van der Waals surface area contributed by atoms with E-state index in [0.29, 0.717) is 9.80 Å². The van der Waals surface area contributed by atoms with Crippen molar-refractivity contribution in [3.05, 3.63) is 32.5 Å². The Kier molecular flexibility index (Phi) is 3.52. The summed E-state index contributed by atoms with van der Waals surface area (Å²) in [7, 11) is 0. The van der Waals surface area contributed by atoms with Crippen LogP contribution >= 0.6 is 47.8 Å². The molecule has 0 radical (unpaired) electrons. The lowest BCUT2D eigenvalue weighted by Crippen LogP contribution is -1.86. The van der Waals surface area contributed by atoms with E-state index in [9.17, 15) is 4.39 Å². The highest BCUT2D eigenvalue weighted by atomic mass is 79.9. The fourth-order valence-electron chi connectivity index (χ4n) is 0.692. The van der Waals surface area contributed by atoms with Gasteiger partial charge in [0, 0.05) is 9.80 Å². The monoisotopic (exact) mass is 344 g/mol. The van der Waals surface area contributed by atoms with Gasteiger partial charge in [-0.15, -0.1) is 0 Å². The predicted octanol–water partition coefficient (Wildman–Crippen LogP) is 4.25. The maximum atomic E-state index is 12.9. The topological polar surface area (TPSA) is 0 Å². The molecule has 1 rings (SSSR count). The third kappa shape index (κ3) is 2.04. The normalized spacial score (nSPS) is 10.2. The summed E-state index contributed by atoms with van der Waals surface area (Å²) >= 11 is 9.74. The second-order valence-corrected chi connectivity index (χ2v) is 4.16. The van der Waals surface area contributed by atoms with Gasteiger partial charge >= 0.3 is 0 Å². The first-order valence-corrected chi connectivity index (χ1v) is 5.56. The molecule has 0 saturated heterocycles. The summed E-state index contributed by atoms with van der Waals surface area (Å²) in [6, 6.07) is 3.11. The average molecular weight is 347 g/mol. The highest BCUT2D eigenvalue weighted by molar-refractivity contribution is 9.11. The zero-order valence-electron chi connectivity index (χ0n) is 5.37. The van der Waals surface area contributed by atoms with Gasteiger partial charge in [-0.2, -0.15) is 0 Å². The molecule has 1 aromatic rings. The van der Waals surface area contributed by atoms with Crippen molar-refractivity contribution in [3.8, 4) is 0 Å². The zero-order chi connectivity index (χ0) is 8.43. The van der Waals surface area contributed by atoms with Crippen molar-refractivity contribution in [2.75, 3.05) is 0 Å². The number of hydrogen-bond donors (Lipinski definition) is 0. The summed E-state index contributed by atoms with van der Waals surface area (Å²) in [6.07, 6.45) is 0. The minimum atomic E-state index is -0.234. The zero-order valence-corrected chi connectivity index (χ0v) is 10.1. The molecule has 0 heterocycles. The van der Waals surface area contributed by atoms with Gasteiger partial charge in [-0.25, -0.2) is 4.39 Å². The van der Waals surface area contributed by atoms with E-state index >= 15 is 0 Å². The molecule has 60 valence electrons. The van der Waals surface area contributed by atoms with E-state index < -0.39 is 0 Å². The van der Waals surface area contributed by atoms with Crippen LogP contribution in [0.2, 0.25) is 0 Å². The molecule has 0 bridgehead atoms. The first-order chi connectivity index (χ1) is 5.16. The smallest absolute Gasteiger partial charge is 0.137 e. The first kappa shape index (κ1) is 9.68. The van der Waals surface area contributed by atoms with E-state index in [1.54, 1.807) is 6.07 Å². The lowest BCUT2D eigenvalue weighted by atomic mass is 10.2. The molecule has 0 atom stereocenters. The Hall–Kier alpha value is 0.590. The van der Waals surface area contributed by atoms with E-state index in [4.69, 9.17) is 0 Å². The summed E-state index contributed by atoms with van der Waals surface area (Å²) in [5.74, 6) is -0.234. The van der Waals surface area contributed by atoms with Gasteiger partial charge in [-0.1, -0.05) is 31.9 Å². The Morgan fingerprint density at radius 3 is 2.36 bits per heavy atom. The van der Waals surface area contributed by atoms with Crippen LogP contribution in [0.1, 0.15) is 5.56 Å². The van der Waals surface area contributed by atoms with Crippen molar-refractivity contribution in [2.45, 2.75) is 5.33 Å². The number of halogens is 4. The molecule has 0 aliphatic rings. The van der Waals surface area contributed by atoms with Crippen LogP contribution in [-0.4, -0.2) is 0 Å². The third-order valence-corrected chi connectivity index (χ3v) is 3.43. The number of rotatable bonds is 1. The minimum Gasteiger partial charge on any atom is -0.206 e. The van der Waals surface area contributed by atoms with Crippen molar-refractivity contribution < 1.29 is 4.39 Å². The van der Waals surface area contributed by atoms with Crippen LogP contribution in [0.3, 0.4) is 0 Å². The lowest BCUT2D eigenvalue weighted by Gasteiger charge is -2.03. The van der Waals surface area contributed by atoms with Gasteiger partial charge in [0.05, 0.1) is 4.47 Å². The standard InChI is InChI=1S/C7H4Br3F/c8-3-4-5(9)1-2-6(11)7(4)10/h1-2H,3H2.